The first-order chi connectivity index (χ1) is 21.2. The van der Waals surface area contributed by atoms with Crippen molar-refractivity contribution in [3.8, 4) is 23.1 Å². The Kier molecular flexibility index (Phi) is 6.62. The number of pyridine rings is 1. The zero-order valence-corrected chi connectivity index (χ0v) is 23.8. The number of benzene rings is 2. The molecule has 7 rings (SSSR count). The first-order valence-electron chi connectivity index (χ1n) is 13.2. The van der Waals surface area contributed by atoms with Gasteiger partial charge in [-0.05, 0) is 30.7 Å². The summed E-state index contributed by atoms with van der Waals surface area (Å²) in [6, 6.07) is 7.29. The number of hydrogen-bond acceptors (Lipinski definition) is 11. The van der Waals surface area contributed by atoms with Crippen LogP contribution in [0.25, 0.3) is 10.2 Å². The lowest BCUT2D eigenvalue weighted by atomic mass is 9.92. The number of halogens is 3. The molecular formula is C28H22F3N5O7S. The van der Waals surface area contributed by atoms with Gasteiger partial charge in [0.15, 0.2) is 22.4 Å². The monoisotopic (exact) mass is 629 g/mol. The predicted molar refractivity (Wildman–Crippen MR) is 151 cm³/mol. The van der Waals surface area contributed by atoms with E-state index in [1.807, 2.05) is 0 Å². The standard InChI is InChI=1S/C28H22F3N5O7S/c1-39-18-6-4-15-23(44-27(35-15)36-13-8-14(36)11-41-10-13)21(18)25(38)34-16-9-32-26(40-2)22(29)20(16)24(37)33-12-3-5-17-19(7-12)43-28(30,31)42-17/h3-7,9,13-14H,8,10-11H2,1-2H3,(H,33,37)(H,34,38). The number of carbonyl (C=O) groups excluding carboxylic acids is 2. The van der Waals surface area contributed by atoms with E-state index in [-0.39, 0.29) is 46.3 Å². The molecule has 0 radical (unpaired) electrons. The van der Waals surface area contributed by atoms with Gasteiger partial charge < -0.3 is 39.2 Å². The summed E-state index contributed by atoms with van der Waals surface area (Å²) < 4.78 is 67.7. The molecule has 2 bridgehead atoms. The Bertz CT molecular complexity index is 1820. The number of morpholine rings is 1. The van der Waals surface area contributed by atoms with Crippen LogP contribution in [0.3, 0.4) is 0 Å². The second kappa shape index (κ2) is 10.4. The van der Waals surface area contributed by atoms with Crippen LogP contribution in [0.5, 0.6) is 23.1 Å². The second-order valence-electron chi connectivity index (χ2n) is 10.1. The molecule has 16 heteroatoms. The van der Waals surface area contributed by atoms with Gasteiger partial charge >= 0.3 is 6.29 Å². The first-order valence-corrected chi connectivity index (χ1v) is 14.1. The van der Waals surface area contributed by atoms with Crippen molar-refractivity contribution < 1.29 is 46.4 Å². The number of aromatic nitrogens is 2. The van der Waals surface area contributed by atoms with Crippen LogP contribution in [-0.2, 0) is 4.74 Å². The number of carbonyl (C=O) groups is 2. The molecule has 2 atom stereocenters. The third-order valence-corrected chi connectivity index (χ3v) is 8.54. The number of alkyl halides is 2. The molecule has 2 aromatic heterocycles. The van der Waals surface area contributed by atoms with E-state index in [4.69, 9.17) is 19.2 Å². The molecule has 0 saturated carbocycles. The lowest BCUT2D eigenvalue weighted by Gasteiger charge is -2.52. The van der Waals surface area contributed by atoms with E-state index in [1.165, 1.54) is 24.5 Å². The summed E-state index contributed by atoms with van der Waals surface area (Å²) in [7, 11) is 2.57. The van der Waals surface area contributed by atoms with Crippen LogP contribution < -0.4 is 34.5 Å². The average molecular weight is 630 g/mol. The van der Waals surface area contributed by atoms with Gasteiger partial charge in [0.2, 0.25) is 0 Å². The fourth-order valence-electron chi connectivity index (χ4n) is 5.44. The van der Waals surface area contributed by atoms with Crippen molar-refractivity contribution in [1.29, 1.82) is 0 Å². The Morgan fingerprint density at radius 1 is 1.02 bits per heavy atom. The van der Waals surface area contributed by atoms with Gasteiger partial charge in [0.05, 0.1) is 61.6 Å². The van der Waals surface area contributed by atoms with Gasteiger partial charge in [-0.15, -0.1) is 8.78 Å². The van der Waals surface area contributed by atoms with Crippen LogP contribution >= 0.6 is 11.3 Å². The van der Waals surface area contributed by atoms with E-state index in [1.54, 1.807) is 12.1 Å². The summed E-state index contributed by atoms with van der Waals surface area (Å²) in [5.74, 6) is -3.73. The van der Waals surface area contributed by atoms with Crippen molar-refractivity contribution >= 4 is 49.9 Å². The van der Waals surface area contributed by atoms with Gasteiger partial charge in [0.1, 0.15) is 16.9 Å². The SMILES string of the molecule is COc1ccc2nc(N3C4COCC3C4)sc2c1C(=O)Nc1cnc(OC)c(F)c1C(=O)Nc1ccc2c(c1)OC(F)(F)O2. The molecule has 4 aromatic rings. The highest BCUT2D eigenvalue weighted by Crippen LogP contribution is 2.44. The van der Waals surface area contributed by atoms with Gasteiger partial charge in [-0.2, -0.15) is 0 Å². The molecule has 2 N–H and O–H groups in total. The maximum absolute atomic E-state index is 15.5. The highest BCUT2D eigenvalue weighted by atomic mass is 32.1. The fraction of sp³-hybridized carbons (Fsp3) is 0.286. The number of methoxy groups -OCH3 is 2. The number of ether oxygens (including phenoxy) is 5. The lowest BCUT2D eigenvalue weighted by Crippen LogP contribution is -2.64. The molecule has 3 aliphatic heterocycles. The number of hydrogen-bond donors (Lipinski definition) is 2. The number of anilines is 3. The zero-order chi connectivity index (χ0) is 30.7. The summed E-state index contributed by atoms with van der Waals surface area (Å²) >= 11 is 1.32. The maximum atomic E-state index is 15.5. The second-order valence-corrected chi connectivity index (χ2v) is 11.1. The Labute approximate surface area is 250 Å². The van der Waals surface area contributed by atoms with Crippen LogP contribution in [-0.4, -0.2) is 67.6 Å². The Balaban J connectivity index is 1.21. The molecule has 0 spiro atoms. The molecule has 44 heavy (non-hydrogen) atoms. The van der Waals surface area contributed by atoms with Gasteiger partial charge in [-0.1, -0.05) is 11.3 Å². The van der Waals surface area contributed by atoms with Crippen molar-refractivity contribution in [3.63, 3.8) is 0 Å². The van der Waals surface area contributed by atoms with Gasteiger partial charge in [0.25, 0.3) is 17.7 Å². The van der Waals surface area contributed by atoms with E-state index in [0.717, 1.165) is 37.0 Å². The first kappa shape index (κ1) is 28.0. The van der Waals surface area contributed by atoms with E-state index >= 15 is 4.39 Å². The highest BCUT2D eigenvalue weighted by molar-refractivity contribution is 7.22. The molecule has 0 aliphatic carbocycles. The molecule has 228 valence electrons. The number of nitrogens with zero attached hydrogens (tertiary/aromatic N) is 3. The van der Waals surface area contributed by atoms with Crippen LogP contribution in [0.1, 0.15) is 27.1 Å². The molecular weight excluding hydrogens is 607 g/mol. The Morgan fingerprint density at radius 3 is 2.50 bits per heavy atom. The summed E-state index contributed by atoms with van der Waals surface area (Å²) in [4.78, 5) is 38.0. The lowest BCUT2D eigenvalue weighted by molar-refractivity contribution is -0.286. The van der Waals surface area contributed by atoms with Crippen molar-refractivity contribution in [2.45, 2.75) is 24.8 Å². The van der Waals surface area contributed by atoms with Crippen LogP contribution in [0, 0.1) is 5.82 Å². The molecule has 2 unspecified atom stereocenters. The van der Waals surface area contributed by atoms with Gasteiger partial charge in [0, 0.05) is 11.8 Å². The topological polar surface area (TPSA) is 133 Å². The number of amides is 2. The maximum Gasteiger partial charge on any atom is 0.586 e. The zero-order valence-electron chi connectivity index (χ0n) is 23.0. The normalized spacial score (nSPS) is 19.3. The predicted octanol–water partition coefficient (Wildman–Crippen LogP) is 4.65. The number of nitrogens with one attached hydrogen (secondary N) is 2. The summed E-state index contributed by atoms with van der Waals surface area (Å²) in [5, 5.41) is 5.73. The summed E-state index contributed by atoms with van der Waals surface area (Å²) in [6.45, 7) is 1.20. The van der Waals surface area contributed by atoms with Crippen LogP contribution in [0.4, 0.5) is 29.7 Å². The van der Waals surface area contributed by atoms with E-state index in [9.17, 15) is 18.4 Å². The molecule has 2 aromatic carbocycles. The van der Waals surface area contributed by atoms with E-state index in [2.05, 4.69) is 30.0 Å². The molecule has 12 nitrogen and oxygen atoms in total. The van der Waals surface area contributed by atoms with Crippen molar-refractivity contribution in [3.05, 3.63) is 53.5 Å². The Hall–Kier alpha value is -4.83. The van der Waals surface area contributed by atoms with Crippen molar-refractivity contribution in [2.24, 2.45) is 0 Å². The molecule has 3 aliphatic rings. The number of rotatable bonds is 7. The molecule has 5 heterocycles. The van der Waals surface area contributed by atoms with E-state index < -0.39 is 35.4 Å². The van der Waals surface area contributed by atoms with Gasteiger partial charge in [-0.25, -0.2) is 14.4 Å². The quantitative estimate of drug-likeness (QED) is 0.298. The van der Waals surface area contributed by atoms with E-state index in [0.29, 0.717) is 23.4 Å². The third kappa shape index (κ3) is 4.66. The van der Waals surface area contributed by atoms with Crippen molar-refractivity contribution in [2.75, 3.05) is 43.0 Å². The average Bonchev–Trinajstić information content (AvgIpc) is 3.55. The minimum atomic E-state index is -3.86. The van der Waals surface area contributed by atoms with Crippen LogP contribution in [0.2, 0.25) is 0 Å². The van der Waals surface area contributed by atoms with Crippen LogP contribution in [0.15, 0.2) is 36.5 Å². The third-order valence-electron chi connectivity index (χ3n) is 7.44. The van der Waals surface area contributed by atoms with Gasteiger partial charge in [-0.3, -0.25) is 9.59 Å². The summed E-state index contributed by atoms with van der Waals surface area (Å²) in [6.07, 6.45) is -1.79. The fourth-order valence-corrected chi connectivity index (χ4v) is 6.69. The smallest absolute Gasteiger partial charge is 0.496 e. The highest BCUT2D eigenvalue weighted by Gasteiger charge is 2.45. The minimum Gasteiger partial charge on any atom is -0.496 e. The molecule has 2 fully saturated rings. The minimum absolute atomic E-state index is 0.00714. The molecule has 2 amide bonds. The Morgan fingerprint density at radius 2 is 1.77 bits per heavy atom. The number of thiazole rings is 1. The largest absolute Gasteiger partial charge is 0.586 e. The molecule has 2 saturated heterocycles. The summed E-state index contributed by atoms with van der Waals surface area (Å²) in [5.41, 5.74) is -0.205. The number of fused-ring (bicyclic) bond motifs is 4. The van der Waals surface area contributed by atoms with Crippen molar-refractivity contribution in [1.82, 2.24) is 9.97 Å².